The molecule has 23 heteroatoms. The summed E-state index contributed by atoms with van der Waals surface area (Å²) < 4.78 is 26.6. The van der Waals surface area contributed by atoms with E-state index >= 15 is 0 Å². The topological polar surface area (TPSA) is 296 Å². The first-order valence-corrected chi connectivity index (χ1v) is 23.0. The predicted molar refractivity (Wildman–Crippen MR) is 220 cm³/mol. The molecule has 1 aromatic carbocycles. The molecule has 2 aliphatic rings. The van der Waals surface area contributed by atoms with Crippen molar-refractivity contribution < 1.29 is 88.4 Å². The second-order valence-electron chi connectivity index (χ2n) is 13.9. The van der Waals surface area contributed by atoms with E-state index in [2.05, 4.69) is 26.6 Å². The second-order valence-corrected chi connectivity index (χ2v) is 17.1. The molecule has 1 aromatic rings. The van der Waals surface area contributed by atoms with Crippen LogP contribution in [0, 0.1) is 0 Å². The third-order valence-corrected chi connectivity index (χ3v) is 11.9. The predicted octanol–water partition coefficient (Wildman–Crippen LogP) is -4.17. The zero-order valence-electron chi connectivity index (χ0n) is 35.5. The average molecular weight is 1000 g/mol. The molecule has 1 unspecified atom stereocenters. The van der Waals surface area contributed by atoms with Crippen molar-refractivity contribution in [2.24, 2.45) is 5.73 Å². The van der Waals surface area contributed by atoms with Gasteiger partial charge in [-0.05, 0) is 6.42 Å². The number of carbonyl (C=O) groups excluding carboxylic acids is 8. The van der Waals surface area contributed by atoms with Crippen LogP contribution in [0.25, 0.3) is 0 Å². The van der Waals surface area contributed by atoms with Crippen LogP contribution in [0.1, 0.15) is 38.7 Å². The summed E-state index contributed by atoms with van der Waals surface area (Å²) in [5, 5.41) is 22.5. The fourth-order valence-electron chi connectivity index (χ4n) is 5.44. The van der Waals surface area contributed by atoms with Crippen molar-refractivity contribution in [3.63, 3.8) is 0 Å². The van der Waals surface area contributed by atoms with Crippen molar-refractivity contribution in [2.45, 2.75) is 49.8 Å². The summed E-state index contributed by atoms with van der Waals surface area (Å²) >= 11 is -1.07. The standard InChI is InChI=1S/C40H58IN8O14/c1-27(2)35(46-32(52)11-17-59-19-21-61-23-24-62-22-20-60-18-14-43-31(51)10-16-49-33(53)7-8-34(49)54)37(55)47-36(41-12-13-44-39(42)57)38(56)45-29-5-3-28(4-6-29)26-63-40(58)48-15-9-30(48)25-50/h3-8,30,36,50H,9-26H2,1-2H3,(H,43,51)(H,45,56)(H,46,52)(H,47,55)(H3,42,44,57)/q-1/t30-,36?/m0/s1. The third kappa shape index (κ3) is 20.2. The fraction of sp³-hybridized carbons (Fsp3) is 0.550. The summed E-state index contributed by atoms with van der Waals surface area (Å²) in [5.74, 6) is -2.80. The molecule has 63 heavy (non-hydrogen) atoms. The molecule has 350 valence electrons. The molecule has 1 fully saturated rings. The maximum absolute atomic E-state index is 13.4. The van der Waals surface area contributed by atoms with E-state index in [-0.39, 0.29) is 89.8 Å². The van der Waals surface area contributed by atoms with Crippen molar-refractivity contribution in [3.8, 4) is 0 Å². The second kappa shape index (κ2) is 29.2. The van der Waals surface area contributed by atoms with Gasteiger partial charge >= 0.3 is 242 Å². The van der Waals surface area contributed by atoms with Gasteiger partial charge in [-0.25, -0.2) is 0 Å². The molecule has 0 saturated carbocycles. The van der Waals surface area contributed by atoms with E-state index in [1.807, 2.05) is 0 Å². The van der Waals surface area contributed by atoms with Crippen LogP contribution in [0.5, 0.6) is 0 Å². The van der Waals surface area contributed by atoms with Crippen LogP contribution in [0.2, 0.25) is 0 Å². The Bertz CT molecular complexity index is 1760. The number of anilines is 1. The monoisotopic (exact) mass is 1000 g/mol. The Morgan fingerprint density at radius 1 is 0.825 bits per heavy atom. The summed E-state index contributed by atoms with van der Waals surface area (Å²) in [6, 6.07) is 5.66. The summed E-state index contributed by atoms with van der Waals surface area (Å²) in [5.41, 5.74) is 6.75. The number of aliphatic hydroxyl groups excluding tert-OH is 1. The van der Waals surface area contributed by atoms with Gasteiger partial charge in [0.2, 0.25) is 5.91 Å². The number of nitrogens with one attached hydrogen (secondary N) is 5. The van der Waals surface area contributed by atoms with Gasteiger partial charge in [-0.1, -0.05) is 0 Å². The summed E-state index contributed by atoms with van der Waals surface area (Å²) in [6.45, 7) is 6.20. The van der Waals surface area contributed by atoms with Crippen molar-refractivity contribution in [3.05, 3.63) is 53.3 Å². The molecule has 0 bridgehead atoms. The van der Waals surface area contributed by atoms with Gasteiger partial charge in [0.15, 0.2) is 0 Å². The van der Waals surface area contributed by atoms with E-state index in [4.69, 9.17) is 29.4 Å². The quantitative estimate of drug-likeness (QED) is 0.00962. The van der Waals surface area contributed by atoms with Crippen molar-refractivity contribution in [1.82, 2.24) is 31.1 Å². The van der Waals surface area contributed by atoms with Crippen molar-refractivity contribution >= 4 is 53.3 Å². The molecule has 0 radical (unpaired) electrons. The number of halogens is 1. The number of allylic oxidation sites excluding steroid dienone is 1. The number of carbonyl (C=O) groups is 8. The zero-order valence-corrected chi connectivity index (χ0v) is 37.6. The number of rotatable bonds is 30. The Kier molecular flexibility index (Phi) is 24.2. The van der Waals surface area contributed by atoms with Gasteiger partial charge < -0.3 is 19.9 Å². The number of nitrogens with two attached hydrogens (primary N) is 1. The van der Waals surface area contributed by atoms with E-state index in [0.717, 1.165) is 11.3 Å². The molecular formula is C40H58IN8O14-. The van der Waals surface area contributed by atoms with Gasteiger partial charge in [0.1, 0.15) is 0 Å². The van der Waals surface area contributed by atoms with E-state index in [0.29, 0.717) is 54.2 Å². The molecule has 2 heterocycles. The Morgan fingerprint density at radius 3 is 2.02 bits per heavy atom. The van der Waals surface area contributed by atoms with Crippen LogP contribution >= 0.6 is 0 Å². The Hall–Kier alpha value is -5.21. The van der Waals surface area contributed by atoms with Crippen molar-refractivity contribution in [1.29, 1.82) is 0 Å². The number of aliphatic hydroxyl groups is 1. The Morgan fingerprint density at radius 2 is 1.44 bits per heavy atom. The van der Waals surface area contributed by atoms with Gasteiger partial charge in [0, 0.05) is 31.7 Å². The van der Waals surface area contributed by atoms with Crippen molar-refractivity contribution in [2.75, 3.05) is 95.4 Å². The first kappa shape index (κ1) is 52.1. The minimum absolute atomic E-state index is 0.00182. The number of primary amides is 1. The molecule has 2 atom stereocenters. The number of ether oxygens (including phenoxy) is 5. The Balaban J connectivity index is 1.28. The van der Waals surface area contributed by atoms with Crippen LogP contribution in [0.15, 0.2) is 47.7 Å². The van der Waals surface area contributed by atoms with Crippen LogP contribution < -0.4 is 53.5 Å². The summed E-state index contributed by atoms with van der Waals surface area (Å²) in [6.07, 6.45) is 2.49. The third-order valence-electron chi connectivity index (χ3n) is 8.93. The average Bonchev–Trinajstić information content (AvgIpc) is 3.56. The van der Waals surface area contributed by atoms with Gasteiger partial charge in [-0.2, -0.15) is 0 Å². The number of alkyl halides is 2. The van der Waals surface area contributed by atoms with E-state index < -0.39 is 66.9 Å². The minimum atomic E-state index is -1.07. The first-order valence-electron chi connectivity index (χ1n) is 20.2. The van der Waals surface area contributed by atoms with Crippen LogP contribution in [-0.2, 0) is 59.1 Å². The molecule has 0 aliphatic carbocycles. The number of amides is 9. The number of imide groups is 1. The van der Waals surface area contributed by atoms with Gasteiger partial charge in [-0.3, -0.25) is 19.3 Å². The summed E-state index contributed by atoms with van der Waals surface area (Å²) in [4.78, 5) is 100. The molecule has 8 N–H and O–H groups in total. The zero-order chi connectivity index (χ0) is 46.0. The number of benzene rings is 1. The molecule has 9 amide bonds. The van der Waals surface area contributed by atoms with E-state index in [1.54, 1.807) is 38.1 Å². The van der Waals surface area contributed by atoms with Gasteiger partial charge in [0.25, 0.3) is 11.8 Å². The molecule has 3 rings (SSSR count). The molecule has 22 nitrogen and oxygen atoms in total. The number of likely N-dealkylation sites (tertiary alicyclic amines) is 1. The number of hydrogen-bond donors (Lipinski definition) is 7. The fourth-order valence-corrected chi connectivity index (χ4v) is 7.70. The number of nitrogens with zero attached hydrogens (tertiary/aromatic N) is 2. The normalized spacial score (nSPS) is 14.7. The SMILES string of the molecule is CC(C)=C(NC(=O)CCOCCOCCOCCOCCNC(=O)CCN1C(=O)C=CC1=O)C(=O)NC([I-]CCNC(N)=O)C(=O)Nc1ccc(COC(=O)N2CC[C@H]2CO)cc1. The van der Waals surface area contributed by atoms with Gasteiger partial charge in [0.05, 0.1) is 39.6 Å². The summed E-state index contributed by atoms with van der Waals surface area (Å²) in [7, 11) is 0. The molecule has 2 aliphatic heterocycles. The molecule has 0 aromatic heterocycles. The Labute approximate surface area is 375 Å². The number of hydrogen-bond acceptors (Lipinski definition) is 14. The van der Waals surface area contributed by atoms with E-state index in [1.165, 1.54) is 17.1 Å². The van der Waals surface area contributed by atoms with Crippen LogP contribution in [0.3, 0.4) is 0 Å². The van der Waals surface area contributed by atoms with E-state index in [9.17, 15) is 43.5 Å². The molecule has 1 saturated heterocycles. The molecular weight excluding hydrogens is 943 g/mol. The first-order chi connectivity index (χ1) is 30.3. The van der Waals surface area contributed by atoms with Crippen LogP contribution in [0.4, 0.5) is 15.3 Å². The molecule has 0 spiro atoms. The van der Waals surface area contributed by atoms with Gasteiger partial charge in [-0.15, -0.1) is 0 Å². The maximum atomic E-state index is 13.4. The number of urea groups is 1. The van der Waals surface area contributed by atoms with Crippen LogP contribution in [-0.4, -0.2) is 163 Å².